The number of hydrogen-bond acceptors (Lipinski definition) is 5. The molecule has 102 valence electrons. The molecule has 1 heterocycles. The zero-order chi connectivity index (χ0) is 13.8. The Morgan fingerprint density at radius 3 is 2.89 bits per heavy atom. The van der Waals surface area contributed by atoms with Crippen molar-refractivity contribution in [3.05, 3.63) is 44.9 Å². The Kier molecular flexibility index (Phi) is 4.76. The molecule has 1 unspecified atom stereocenters. The van der Waals surface area contributed by atoms with Crippen LogP contribution in [0.5, 0.6) is 5.75 Å². The lowest BCUT2D eigenvalue weighted by Crippen LogP contribution is -2.30. The van der Waals surface area contributed by atoms with Crippen LogP contribution in [0.15, 0.2) is 23.6 Å². The smallest absolute Gasteiger partial charge is 0.125 e. The largest absolute Gasteiger partial charge is 0.496 e. The van der Waals surface area contributed by atoms with Gasteiger partial charge < -0.3 is 4.74 Å². The summed E-state index contributed by atoms with van der Waals surface area (Å²) in [6.07, 6.45) is 0.707. The van der Waals surface area contributed by atoms with Crippen molar-refractivity contribution in [1.29, 1.82) is 0 Å². The zero-order valence-electron chi connectivity index (χ0n) is 10.8. The summed E-state index contributed by atoms with van der Waals surface area (Å²) in [6, 6.07) is 5.47. The van der Waals surface area contributed by atoms with E-state index in [1.54, 1.807) is 24.5 Å². The van der Waals surface area contributed by atoms with Gasteiger partial charge in [0.15, 0.2) is 0 Å². The summed E-state index contributed by atoms with van der Waals surface area (Å²) in [5, 5.41) is 3.73. The van der Waals surface area contributed by atoms with E-state index >= 15 is 0 Å². The first-order valence-corrected chi connectivity index (χ1v) is 7.10. The monoisotopic (exact) mass is 297 g/mol. The Morgan fingerprint density at radius 1 is 1.53 bits per heavy atom. The van der Waals surface area contributed by atoms with Crippen molar-refractivity contribution in [2.24, 2.45) is 5.84 Å². The third-order valence-electron chi connectivity index (χ3n) is 2.85. The number of nitrogens with two attached hydrogens (primary N) is 1. The van der Waals surface area contributed by atoms with Crippen LogP contribution in [0.25, 0.3) is 0 Å². The van der Waals surface area contributed by atoms with Gasteiger partial charge in [-0.2, -0.15) is 0 Å². The van der Waals surface area contributed by atoms with E-state index in [1.165, 1.54) is 0 Å². The van der Waals surface area contributed by atoms with E-state index in [9.17, 15) is 0 Å². The number of halogens is 1. The molecule has 0 amide bonds. The Balaban J connectivity index is 2.26. The van der Waals surface area contributed by atoms with Crippen LogP contribution in [-0.2, 0) is 6.42 Å². The number of nitrogens with zero attached hydrogens (tertiary/aromatic N) is 1. The summed E-state index contributed by atoms with van der Waals surface area (Å²) in [5.41, 5.74) is 4.80. The van der Waals surface area contributed by atoms with Crippen LogP contribution in [0.3, 0.4) is 0 Å². The van der Waals surface area contributed by atoms with Crippen molar-refractivity contribution in [3.63, 3.8) is 0 Å². The predicted molar refractivity (Wildman–Crippen MR) is 78.6 cm³/mol. The normalized spacial score (nSPS) is 12.4. The Hall–Kier alpha value is -1.14. The molecule has 0 aliphatic rings. The van der Waals surface area contributed by atoms with E-state index in [1.807, 2.05) is 24.4 Å². The van der Waals surface area contributed by atoms with Crippen LogP contribution < -0.4 is 16.0 Å². The fraction of sp³-hybridized carbons (Fsp3) is 0.308. The van der Waals surface area contributed by atoms with Gasteiger partial charge in [0.25, 0.3) is 0 Å². The number of benzene rings is 1. The van der Waals surface area contributed by atoms with Crippen molar-refractivity contribution in [2.75, 3.05) is 7.11 Å². The van der Waals surface area contributed by atoms with Crippen LogP contribution in [0.2, 0.25) is 5.02 Å². The summed E-state index contributed by atoms with van der Waals surface area (Å²) in [7, 11) is 1.62. The van der Waals surface area contributed by atoms with E-state index in [4.69, 9.17) is 22.2 Å². The van der Waals surface area contributed by atoms with Gasteiger partial charge in [-0.1, -0.05) is 17.7 Å². The van der Waals surface area contributed by atoms with Crippen molar-refractivity contribution < 1.29 is 4.74 Å². The summed E-state index contributed by atoms with van der Waals surface area (Å²) < 4.78 is 5.35. The van der Waals surface area contributed by atoms with Gasteiger partial charge in [-0.3, -0.25) is 11.3 Å². The predicted octanol–water partition coefficient (Wildman–Crippen LogP) is 2.86. The van der Waals surface area contributed by atoms with Crippen LogP contribution in [0, 0.1) is 6.92 Å². The molecule has 6 heteroatoms. The van der Waals surface area contributed by atoms with Crippen LogP contribution in [0.1, 0.15) is 22.3 Å². The van der Waals surface area contributed by atoms with Gasteiger partial charge in [-0.05, 0) is 19.1 Å². The van der Waals surface area contributed by atoms with Crippen molar-refractivity contribution >= 4 is 22.9 Å². The second kappa shape index (κ2) is 6.34. The Morgan fingerprint density at radius 2 is 2.32 bits per heavy atom. The third-order valence-corrected chi connectivity index (χ3v) is 3.91. The number of methoxy groups -OCH3 is 1. The lowest BCUT2D eigenvalue weighted by Gasteiger charge is -2.18. The lowest BCUT2D eigenvalue weighted by molar-refractivity contribution is 0.399. The topological polar surface area (TPSA) is 60.2 Å². The standard InChI is InChI=1S/C13H16ClN3OS/c1-8-16-10(7-19-8)6-12(17-15)11-4-3-9(14)5-13(11)18-2/h3-5,7,12,17H,6,15H2,1-2H3. The highest BCUT2D eigenvalue weighted by Crippen LogP contribution is 2.30. The average molecular weight is 298 g/mol. The molecule has 1 atom stereocenters. The number of ether oxygens (including phenoxy) is 1. The van der Waals surface area contributed by atoms with Gasteiger partial charge in [0, 0.05) is 22.4 Å². The average Bonchev–Trinajstić information content (AvgIpc) is 2.81. The molecule has 19 heavy (non-hydrogen) atoms. The molecule has 4 nitrogen and oxygen atoms in total. The molecule has 0 radical (unpaired) electrons. The maximum Gasteiger partial charge on any atom is 0.125 e. The zero-order valence-corrected chi connectivity index (χ0v) is 12.4. The molecule has 0 aliphatic heterocycles. The Labute approximate surface area is 121 Å². The number of rotatable bonds is 5. The molecule has 0 saturated carbocycles. The number of nitrogens with one attached hydrogen (secondary N) is 1. The minimum Gasteiger partial charge on any atom is -0.496 e. The number of hydrazine groups is 1. The van der Waals surface area contributed by atoms with E-state index < -0.39 is 0 Å². The quantitative estimate of drug-likeness (QED) is 0.658. The minimum absolute atomic E-state index is 0.0614. The first kappa shape index (κ1) is 14.3. The van der Waals surface area contributed by atoms with Crippen LogP contribution in [-0.4, -0.2) is 12.1 Å². The van der Waals surface area contributed by atoms with E-state index in [0.717, 1.165) is 22.0 Å². The molecule has 0 bridgehead atoms. The lowest BCUT2D eigenvalue weighted by atomic mass is 10.0. The van der Waals surface area contributed by atoms with Crippen molar-refractivity contribution in [1.82, 2.24) is 10.4 Å². The molecule has 2 aromatic rings. The molecule has 0 spiro atoms. The summed E-state index contributed by atoms with van der Waals surface area (Å²) in [4.78, 5) is 4.45. The van der Waals surface area contributed by atoms with Gasteiger partial charge in [0.1, 0.15) is 5.75 Å². The highest BCUT2D eigenvalue weighted by Gasteiger charge is 2.17. The van der Waals surface area contributed by atoms with Crippen molar-refractivity contribution in [2.45, 2.75) is 19.4 Å². The molecular weight excluding hydrogens is 282 g/mol. The maximum absolute atomic E-state index is 5.96. The van der Waals surface area contributed by atoms with E-state index in [0.29, 0.717) is 11.4 Å². The molecule has 0 saturated heterocycles. The molecule has 1 aromatic carbocycles. The minimum atomic E-state index is -0.0614. The van der Waals surface area contributed by atoms with Gasteiger partial charge >= 0.3 is 0 Å². The van der Waals surface area contributed by atoms with Gasteiger partial charge in [-0.15, -0.1) is 11.3 Å². The first-order chi connectivity index (χ1) is 9.13. The molecule has 0 fully saturated rings. The molecule has 1 aromatic heterocycles. The highest BCUT2D eigenvalue weighted by molar-refractivity contribution is 7.09. The van der Waals surface area contributed by atoms with E-state index in [-0.39, 0.29) is 6.04 Å². The van der Waals surface area contributed by atoms with Gasteiger partial charge in [0.2, 0.25) is 0 Å². The number of aryl methyl sites for hydroxylation is 1. The molecule has 2 rings (SSSR count). The van der Waals surface area contributed by atoms with Crippen molar-refractivity contribution in [3.8, 4) is 5.75 Å². The maximum atomic E-state index is 5.96. The van der Waals surface area contributed by atoms with E-state index in [2.05, 4.69) is 10.4 Å². The summed E-state index contributed by atoms with van der Waals surface area (Å²) >= 11 is 7.60. The molecular formula is C13H16ClN3OS. The fourth-order valence-corrected chi connectivity index (χ4v) is 2.73. The van der Waals surface area contributed by atoms with Gasteiger partial charge in [-0.25, -0.2) is 4.98 Å². The number of hydrogen-bond donors (Lipinski definition) is 2. The van der Waals surface area contributed by atoms with Crippen LogP contribution in [0.4, 0.5) is 0 Å². The SMILES string of the molecule is COc1cc(Cl)ccc1C(Cc1csc(C)n1)NN. The second-order valence-electron chi connectivity index (χ2n) is 4.17. The third kappa shape index (κ3) is 3.45. The fourth-order valence-electron chi connectivity index (χ4n) is 1.94. The number of thiazole rings is 1. The molecule has 3 N–H and O–H groups in total. The Bertz CT molecular complexity index is 559. The van der Waals surface area contributed by atoms with Crippen LogP contribution >= 0.6 is 22.9 Å². The summed E-state index contributed by atoms with van der Waals surface area (Å²) in [6.45, 7) is 1.99. The first-order valence-electron chi connectivity index (χ1n) is 5.84. The van der Waals surface area contributed by atoms with Gasteiger partial charge in [0.05, 0.1) is 23.9 Å². The number of aromatic nitrogens is 1. The molecule has 0 aliphatic carbocycles. The second-order valence-corrected chi connectivity index (χ2v) is 5.67. The summed E-state index contributed by atoms with van der Waals surface area (Å²) in [5.74, 6) is 6.38. The highest BCUT2D eigenvalue weighted by atomic mass is 35.5.